The van der Waals surface area contributed by atoms with Crippen LogP contribution in [0.5, 0.6) is 0 Å². The smallest absolute Gasteiger partial charge is 0.228 e. The lowest BCUT2D eigenvalue weighted by molar-refractivity contribution is -0.142. The molecule has 0 aliphatic carbocycles. The van der Waals surface area contributed by atoms with Gasteiger partial charge in [-0.05, 0) is 45.2 Å². The largest absolute Gasteiger partial charge is 0.342 e. The van der Waals surface area contributed by atoms with E-state index in [4.69, 9.17) is 0 Å². The fraction of sp³-hybridized carbons (Fsp3) is 0.929. The van der Waals surface area contributed by atoms with Gasteiger partial charge in [0.1, 0.15) is 0 Å². The molecule has 0 saturated carbocycles. The van der Waals surface area contributed by atoms with E-state index in [9.17, 15) is 4.79 Å². The number of amides is 1. The molecule has 3 heteroatoms. The summed E-state index contributed by atoms with van der Waals surface area (Å²) in [6, 6.07) is 0. The van der Waals surface area contributed by atoms with Crippen molar-refractivity contribution in [3.8, 4) is 0 Å². The first-order valence-corrected chi connectivity index (χ1v) is 6.95. The number of rotatable bonds is 5. The van der Waals surface area contributed by atoms with Crippen molar-refractivity contribution >= 4 is 5.91 Å². The lowest BCUT2D eigenvalue weighted by Crippen LogP contribution is -2.45. The first-order valence-electron chi connectivity index (χ1n) is 6.95. The van der Waals surface area contributed by atoms with Crippen LogP contribution in [-0.2, 0) is 4.79 Å². The van der Waals surface area contributed by atoms with Crippen LogP contribution >= 0.6 is 0 Å². The van der Waals surface area contributed by atoms with Gasteiger partial charge in [0.25, 0.3) is 0 Å². The van der Waals surface area contributed by atoms with Gasteiger partial charge in [0, 0.05) is 18.5 Å². The highest BCUT2D eigenvalue weighted by Gasteiger charge is 2.32. The molecule has 1 N–H and O–H groups in total. The number of piperidine rings is 1. The van der Waals surface area contributed by atoms with Crippen LogP contribution in [0.25, 0.3) is 0 Å². The highest BCUT2D eigenvalue weighted by atomic mass is 16.2. The van der Waals surface area contributed by atoms with Crippen LogP contribution in [0, 0.1) is 11.3 Å². The molecule has 3 nitrogen and oxygen atoms in total. The van der Waals surface area contributed by atoms with E-state index < -0.39 is 0 Å². The summed E-state index contributed by atoms with van der Waals surface area (Å²) in [6.45, 7) is 9.22. The number of hydrogen-bond acceptors (Lipinski definition) is 2. The van der Waals surface area contributed by atoms with Crippen LogP contribution in [0.2, 0.25) is 0 Å². The molecule has 0 aromatic heterocycles. The summed E-state index contributed by atoms with van der Waals surface area (Å²) in [7, 11) is 2.00. The van der Waals surface area contributed by atoms with Crippen LogP contribution < -0.4 is 5.32 Å². The summed E-state index contributed by atoms with van der Waals surface area (Å²) >= 11 is 0. The van der Waals surface area contributed by atoms with Gasteiger partial charge in [0.05, 0.1) is 0 Å². The Balaban J connectivity index is 2.39. The number of nitrogens with one attached hydrogen (secondary N) is 1. The molecule has 1 rings (SSSR count). The van der Waals surface area contributed by atoms with Gasteiger partial charge in [-0.2, -0.15) is 0 Å². The van der Waals surface area contributed by atoms with Crippen molar-refractivity contribution < 1.29 is 4.79 Å². The van der Waals surface area contributed by atoms with Crippen molar-refractivity contribution in [2.75, 3.05) is 26.7 Å². The van der Waals surface area contributed by atoms with E-state index in [0.29, 0.717) is 5.91 Å². The lowest BCUT2D eigenvalue weighted by atomic mass is 9.86. The summed E-state index contributed by atoms with van der Waals surface area (Å²) < 4.78 is 0. The second kappa shape index (κ2) is 6.39. The molecule has 17 heavy (non-hydrogen) atoms. The Morgan fingerprint density at radius 3 is 2.41 bits per heavy atom. The van der Waals surface area contributed by atoms with Crippen molar-refractivity contribution in [1.82, 2.24) is 10.2 Å². The van der Waals surface area contributed by atoms with Gasteiger partial charge >= 0.3 is 0 Å². The molecule has 0 aromatic carbocycles. The van der Waals surface area contributed by atoms with Crippen molar-refractivity contribution in [2.45, 2.75) is 46.5 Å². The maximum absolute atomic E-state index is 12.3. The van der Waals surface area contributed by atoms with Gasteiger partial charge in [-0.25, -0.2) is 0 Å². The second-order valence-electron chi connectivity index (χ2n) is 5.87. The van der Waals surface area contributed by atoms with Crippen LogP contribution in [0.15, 0.2) is 0 Å². The first-order chi connectivity index (χ1) is 8.01. The third-order valence-electron chi connectivity index (χ3n) is 4.17. The van der Waals surface area contributed by atoms with Gasteiger partial charge in [-0.15, -0.1) is 0 Å². The molecule has 1 aliphatic heterocycles. The van der Waals surface area contributed by atoms with Crippen LogP contribution in [-0.4, -0.2) is 37.5 Å². The van der Waals surface area contributed by atoms with E-state index in [0.717, 1.165) is 32.0 Å². The Labute approximate surface area is 106 Å². The van der Waals surface area contributed by atoms with E-state index in [1.807, 2.05) is 7.05 Å². The third kappa shape index (κ3) is 3.98. The van der Waals surface area contributed by atoms with Crippen LogP contribution in [0.1, 0.15) is 46.5 Å². The summed E-state index contributed by atoms with van der Waals surface area (Å²) in [4.78, 5) is 14.4. The maximum atomic E-state index is 12.3. The highest BCUT2D eigenvalue weighted by molar-refractivity contribution is 5.81. The van der Waals surface area contributed by atoms with Gasteiger partial charge in [-0.3, -0.25) is 4.79 Å². The zero-order valence-electron chi connectivity index (χ0n) is 11.9. The van der Waals surface area contributed by atoms with Gasteiger partial charge < -0.3 is 10.2 Å². The monoisotopic (exact) mass is 240 g/mol. The zero-order chi connectivity index (χ0) is 12.9. The molecule has 0 bridgehead atoms. The summed E-state index contributed by atoms with van der Waals surface area (Å²) in [5, 5.41) is 3.20. The molecule has 1 aliphatic rings. The third-order valence-corrected chi connectivity index (χ3v) is 4.17. The average molecular weight is 240 g/mol. The molecule has 1 saturated heterocycles. The predicted octanol–water partition coefficient (Wildman–Crippen LogP) is 2.27. The number of likely N-dealkylation sites (tertiary alicyclic amines) is 1. The first kappa shape index (κ1) is 14.5. The minimum Gasteiger partial charge on any atom is -0.342 e. The molecule has 1 fully saturated rings. The Morgan fingerprint density at radius 2 is 1.94 bits per heavy atom. The fourth-order valence-electron chi connectivity index (χ4n) is 2.35. The SMILES string of the molecule is CCC(C)(C)C(=O)N1CCC(CCNC)CC1. The number of carbonyl (C=O) groups is 1. The van der Waals surface area contributed by atoms with E-state index in [1.165, 1.54) is 19.3 Å². The maximum Gasteiger partial charge on any atom is 0.228 e. The molecule has 100 valence electrons. The average Bonchev–Trinajstić information content (AvgIpc) is 2.36. The van der Waals surface area contributed by atoms with Gasteiger partial charge in [0.15, 0.2) is 0 Å². The quantitative estimate of drug-likeness (QED) is 0.799. The van der Waals surface area contributed by atoms with Crippen molar-refractivity contribution in [1.29, 1.82) is 0 Å². The summed E-state index contributed by atoms with van der Waals surface area (Å²) in [5.74, 6) is 1.14. The Morgan fingerprint density at radius 1 is 1.35 bits per heavy atom. The molecule has 0 spiro atoms. The minimum absolute atomic E-state index is 0.183. The molecular weight excluding hydrogens is 212 g/mol. The molecule has 0 atom stereocenters. The normalized spacial score (nSPS) is 18.5. The summed E-state index contributed by atoms with van der Waals surface area (Å²) in [5.41, 5.74) is -0.183. The predicted molar refractivity (Wildman–Crippen MR) is 71.9 cm³/mol. The second-order valence-corrected chi connectivity index (χ2v) is 5.87. The van der Waals surface area contributed by atoms with Crippen LogP contribution in [0.3, 0.4) is 0 Å². The molecule has 0 unspecified atom stereocenters. The van der Waals surface area contributed by atoms with E-state index >= 15 is 0 Å². The van der Waals surface area contributed by atoms with Gasteiger partial charge in [-0.1, -0.05) is 20.8 Å². The minimum atomic E-state index is -0.183. The Hall–Kier alpha value is -0.570. The molecule has 1 heterocycles. The number of hydrogen-bond donors (Lipinski definition) is 1. The Kier molecular flexibility index (Phi) is 5.44. The van der Waals surface area contributed by atoms with E-state index in [1.54, 1.807) is 0 Å². The standard InChI is InChI=1S/C14H28N2O/c1-5-14(2,3)13(17)16-10-7-12(8-11-16)6-9-15-4/h12,15H,5-11H2,1-4H3. The topological polar surface area (TPSA) is 32.3 Å². The van der Waals surface area contributed by atoms with Crippen molar-refractivity contribution in [3.05, 3.63) is 0 Å². The molecule has 1 amide bonds. The van der Waals surface area contributed by atoms with Gasteiger partial charge in [0.2, 0.25) is 5.91 Å². The summed E-state index contributed by atoms with van der Waals surface area (Å²) in [6.07, 6.45) is 4.52. The van der Waals surface area contributed by atoms with E-state index in [2.05, 4.69) is 31.0 Å². The lowest BCUT2D eigenvalue weighted by Gasteiger charge is -2.36. The van der Waals surface area contributed by atoms with Crippen LogP contribution in [0.4, 0.5) is 0 Å². The van der Waals surface area contributed by atoms with E-state index in [-0.39, 0.29) is 5.41 Å². The number of nitrogens with zero attached hydrogens (tertiary/aromatic N) is 1. The molecule has 0 radical (unpaired) electrons. The highest BCUT2D eigenvalue weighted by Crippen LogP contribution is 2.27. The van der Waals surface area contributed by atoms with Crippen molar-refractivity contribution in [3.63, 3.8) is 0 Å². The molecular formula is C14H28N2O. The zero-order valence-corrected chi connectivity index (χ0v) is 11.9. The number of carbonyl (C=O) groups excluding carboxylic acids is 1. The van der Waals surface area contributed by atoms with Crippen molar-refractivity contribution in [2.24, 2.45) is 11.3 Å². The Bertz CT molecular complexity index is 243. The molecule has 0 aromatic rings. The fourth-order valence-corrected chi connectivity index (χ4v) is 2.35.